The van der Waals surface area contributed by atoms with Crippen molar-refractivity contribution >= 4 is 0 Å². The van der Waals surface area contributed by atoms with Crippen LogP contribution >= 0.6 is 0 Å². The Morgan fingerprint density at radius 3 is 2.80 bits per heavy atom. The molecule has 0 spiro atoms. The second-order valence-electron chi connectivity index (χ2n) is 3.14. The predicted octanol–water partition coefficient (Wildman–Crippen LogP) is 2.12. The summed E-state index contributed by atoms with van der Waals surface area (Å²) in [5, 5.41) is 2.89. The van der Waals surface area contributed by atoms with Gasteiger partial charge in [-0.1, -0.05) is 6.58 Å². The summed E-state index contributed by atoms with van der Waals surface area (Å²) in [5.41, 5.74) is 0.793. The molecule has 0 heterocycles. The van der Waals surface area contributed by atoms with Gasteiger partial charge in [-0.05, 0) is 24.8 Å². The summed E-state index contributed by atoms with van der Waals surface area (Å²) in [6.45, 7) is 4.53. The van der Waals surface area contributed by atoms with E-state index in [0.717, 1.165) is 17.7 Å². The maximum Gasteiger partial charge on any atom is 0.167 e. The highest BCUT2D eigenvalue weighted by Crippen LogP contribution is 2.17. The highest BCUT2D eigenvalue weighted by atomic mass is 19.1. The monoisotopic (exact) mass is 213 g/mol. The molecular weight excluding hydrogens is 200 g/mol. The Balaban J connectivity index is 2.54. The Hall–Kier alpha value is -1.42. The van der Waals surface area contributed by atoms with E-state index in [1.54, 1.807) is 7.05 Å². The zero-order valence-corrected chi connectivity index (χ0v) is 8.52. The van der Waals surface area contributed by atoms with Crippen LogP contribution in [-0.2, 0) is 0 Å². The Morgan fingerprint density at radius 1 is 1.47 bits per heavy atom. The van der Waals surface area contributed by atoms with Gasteiger partial charge in [0.1, 0.15) is 12.4 Å². The van der Waals surface area contributed by atoms with Gasteiger partial charge >= 0.3 is 0 Å². The number of likely N-dealkylation sites (N-methyl/N-ethyl adjacent to an activating group) is 1. The summed E-state index contributed by atoms with van der Waals surface area (Å²) < 4.78 is 30.7. The first-order valence-corrected chi connectivity index (χ1v) is 4.52. The van der Waals surface area contributed by atoms with Crippen LogP contribution in [-0.4, -0.2) is 20.2 Å². The normalized spacial score (nSPS) is 10.1. The zero-order valence-electron chi connectivity index (χ0n) is 8.52. The largest absolute Gasteiger partial charge is 0.486 e. The third kappa shape index (κ3) is 3.67. The van der Waals surface area contributed by atoms with Gasteiger partial charge in [0.2, 0.25) is 0 Å². The highest BCUT2D eigenvalue weighted by Gasteiger charge is 2.04. The SMILES string of the molecule is C=C(CNC)COc1ccc(F)cc1F. The van der Waals surface area contributed by atoms with Gasteiger partial charge in [0.25, 0.3) is 0 Å². The van der Waals surface area contributed by atoms with Crippen molar-refractivity contribution in [1.29, 1.82) is 0 Å². The summed E-state index contributed by atoms with van der Waals surface area (Å²) in [6.07, 6.45) is 0. The van der Waals surface area contributed by atoms with Gasteiger partial charge in [-0.3, -0.25) is 0 Å². The fourth-order valence-corrected chi connectivity index (χ4v) is 1.07. The summed E-state index contributed by atoms with van der Waals surface area (Å²) in [7, 11) is 1.78. The van der Waals surface area contributed by atoms with Crippen molar-refractivity contribution in [2.24, 2.45) is 0 Å². The minimum absolute atomic E-state index is 0.0358. The number of ether oxygens (including phenoxy) is 1. The van der Waals surface area contributed by atoms with Gasteiger partial charge in [-0.2, -0.15) is 0 Å². The zero-order chi connectivity index (χ0) is 11.3. The van der Waals surface area contributed by atoms with Crippen LogP contribution in [0.1, 0.15) is 0 Å². The second kappa shape index (κ2) is 5.46. The molecule has 0 aliphatic heterocycles. The van der Waals surface area contributed by atoms with Gasteiger partial charge in [0, 0.05) is 12.6 Å². The first-order chi connectivity index (χ1) is 7.13. The van der Waals surface area contributed by atoms with Crippen molar-refractivity contribution in [3.05, 3.63) is 42.0 Å². The lowest BCUT2D eigenvalue weighted by atomic mass is 10.3. The molecule has 2 nitrogen and oxygen atoms in total. The van der Waals surface area contributed by atoms with Crippen LogP contribution in [0.3, 0.4) is 0 Å². The quantitative estimate of drug-likeness (QED) is 0.756. The van der Waals surface area contributed by atoms with E-state index in [-0.39, 0.29) is 12.4 Å². The number of halogens is 2. The molecule has 0 fully saturated rings. The van der Waals surface area contributed by atoms with Crippen LogP contribution in [0.25, 0.3) is 0 Å². The van der Waals surface area contributed by atoms with E-state index in [1.807, 2.05) is 0 Å². The van der Waals surface area contributed by atoms with E-state index in [1.165, 1.54) is 6.07 Å². The third-order valence-corrected chi connectivity index (χ3v) is 1.75. The molecule has 0 radical (unpaired) electrons. The van der Waals surface area contributed by atoms with Crippen LogP contribution in [0.2, 0.25) is 0 Å². The molecular formula is C11H13F2NO. The van der Waals surface area contributed by atoms with E-state index < -0.39 is 11.6 Å². The van der Waals surface area contributed by atoms with Crippen LogP contribution in [0.5, 0.6) is 5.75 Å². The van der Waals surface area contributed by atoms with Gasteiger partial charge in [0.15, 0.2) is 11.6 Å². The fourth-order valence-electron chi connectivity index (χ4n) is 1.07. The average Bonchev–Trinajstić information content (AvgIpc) is 2.17. The summed E-state index contributed by atoms with van der Waals surface area (Å²) in [5.74, 6) is -1.28. The minimum atomic E-state index is -0.702. The van der Waals surface area contributed by atoms with E-state index in [4.69, 9.17) is 4.74 Å². The van der Waals surface area contributed by atoms with Crippen molar-refractivity contribution < 1.29 is 13.5 Å². The van der Waals surface area contributed by atoms with Crippen molar-refractivity contribution in [3.63, 3.8) is 0 Å². The molecule has 1 aromatic carbocycles. The molecule has 0 saturated carbocycles. The smallest absolute Gasteiger partial charge is 0.167 e. The van der Waals surface area contributed by atoms with Crippen LogP contribution in [0.4, 0.5) is 8.78 Å². The number of benzene rings is 1. The van der Waals surface area contributed by atoms with Crippen molar-refractivity contribution in [3.8, 4) is 5.75 Å². The molecule has 0 bridgehead atoms. The van der Waals surface area contributed by atoms with Gasteiger partial charge in [-0.25, -0.2) is 8.78 Å². The highest BCUT2D eigenvalue weighted by molar-refractivity contribution is 5.25. The van der Waals surface area contributed by atoms with E-state index in [2.05, 4.69) is 11.9 Å². The Kier molecular flexibility index (Phi) is 4.24. The Labute approximate surface area is 87.6 Å². The molecule has 82 valence electrons. The topological polar surface area (TPSA) is 21.3 Å². The molecule has 0 amide bonds. The number of rotatable bonds is 5. The molecule has 15 heavy (non-hydrogen) atoms. The predicted molar refractivity (Wildman–Crippen MR) is 54.9 cm³/mol. The third-order valence-electron chi connectivity index (χ3n) is 1.75. The van der Waals surface area contributed by atoms with Crippen molar-refractivity contribution in [2.45, 2.75) is 0 Å². The minimum Gasteiger partial charge on any atom is -0.486 e. The first-order valence-electron chi connectivity index (χ1n) is 4.52. The number of nitrogens with one attached hydrogen (secondary N) is 1. The maximum atomic E-state index is 13.1. The molecule has 0 unspecified atom stereocenters. The average molecular weight is 213 g/mol. The maximum absolute atomic E-state index is 13.1. The van der Waals surface area contributed by atoms with Crippen molar-refractivity contribution in [2.75, 3.05) is 20.2 Å². The molecule has 1 N–H and O–H groups in total. The Morgan fingerprint density at radius 2 is 2.20 bits per heavy atom. The fraction of sp³-hybridized carbons (Fsp3) is 0.273. The molecule has 0 atom stereocenters. The molecule has 0 aromatic heterocycles. The van der Waals surface area contributed by atoms with Crippen LogP contribution in [0.15, 0.2) is 30.4 Å². The van der Waals surface area contributed by atoms with Gasteiger partial charge < -0.3 is 10.1 Å². The summed E-state index contributed by atoms with van der Waals surface area (Å²) in [4.78, 5) is 0. The Bertz CT molecular complexity index is 352. The molecule has 0 aliphatic carbocycles. The first kappa shape index (κ1) is 11.7. The van der Waals surface area contributed by atoms with Crippen LogP contribution in [0, 0.1) is 11.6 Å². The van der Waals surface area contributed by atoms with Gasteiger partial charge in [0.05, 0.1) is 0 Å². The van der Waals surface area contributed by atoms with E-state index >= 15 is 0 Å². The lowest BCUT2D eigenvalue weighted by molar-refractivity contribution is 0.328. The molecule has 0 aliphatic rings. The van der Waals surface area contributed by atoms with E-state index in [0.29, 0.717) is 6.54 Å². The summed E-state index contributed by atoms with van der Waals surface area (Å²) in [6, 6.07) is 3.20. The molecule has 0 saturated heterocycles. The molecule has 4 heteroatoms. The van der Waals surface area contributed by atoms with E-state index in [9.17, 15) is 8.78 Å². The number of hydrogen-bond acceptors (Lipinski definition) is 2. The standard InChI is InChI=1S/C11H13F2NO/c1-8(6-14-2)7-15-11-4-3-9(12)5-10(11)13/h3-5,14H,1,6-7H2,2H3. The second-order valence-corrected chi connectivity index (χ2v) is 3.14. The van der Waals surface area contributed by atoms with Gasteiger partial charge in [-0.15, -0.1) is 0 Å². The summed E-state index contributed by atoms with van der Waals surface area (Å²) >= 11 is 0. The molecule has 1 rings (SSSR count). The lowest BCUT2D eigenvalue weighted by Crippen LogP contribution is -2.14. The van der Waals surface area contributed by atoms with Crippen molar-refractivity contribution in [1.82, 2.24) is 5.32 Å². The molecule has 1 aromatic rings. The number of hydrogen-bond donors (Lipinski definition) is 1. The van der Waals surface area contributed by atoms with Crippen LogP contribution < -0.4 is 10.1 Å². The lowest BCUT2D eigenvalue weighted by Gasteiger charge is -2.08.